The zero-order chi connectivity index (χ0) is 17.8. The number of carbonyl (C=O) groups excluding carboxylic acids is 1. The second-order valence-electron chi connectivity index (χ2n) is 8.40. The molecule has 134 valence electrons. The molecule has 1 atom stereocenters. The first-order valence-corrected chi connectivity index (χ1v) is 9.49. The molecule has 4 saturated carbocycles. The topological polar surface area (TPSA) is 72.2 Å². The van der Waals surface area contributed by atoms with Crippen molar-refractivity contribution >= 4 is 23.2 Å². The van der Waals surface area contributed by atoms with Gasteiger partial charge in [-0.1, -0.05) is 11.6 Å². The van der Waals surface area contributed by atoms with Crippen molar-refractivity contribution in [3.63, 3.8) is 0 Å². The Morgan fingerprint density at radius 3 is 2.32 bits per heavy atom. The number of nitro groups is 1. The largest absolute Gasteiger partial charge is 0.349 e. The molecule has 0 radical (unpaired) electrons. The quantitative estimate of drug-likeness (QED) is 0.629. The molecule has 1 unspecified atom stereocenters. The number of nitro benzene ring substituents is 1. The molecule has 0 aliphatic heterocycles. The number of halogens is 1. The Morgan fingerprint density at radius 2 is 1.80 bits per heavy atom. The van der Waals surface area contributed by atoms with E-state index in [1.165, 1.54) is 50.7 Å². The first-order valence-electron chi connectivity index (χ1n) is 9.11. The van der Waals surface area contributed by atoms with Crippen molar-refractivity contribution in [1.82, 2.24) is 5.32 Å². The van der Waals surface area contributed by atoms with Gasteiger partial charge in [0.25, 0.3) is 11.6 Å². The Morgan fingerprint density at radius 1 is 1.24 bits per heavy atom. The third-order valence-electron chi connectivity index (χ3n) is 6.76. The first-order chi connectivity index (χ1) is 11.9. The molecular weight excluding hydrogens is 340 g/mol. The molecule has 5 nitrogen and oxygen atoms in total. The van der Waals surface area contributed by atoms with E-state index in [4.69, 9.17) is 11.6 Å². The van der Waals surface area contributed by atoms with E-state index in [2.05, 4.69) is 12.2 Å². The van der Waals surface area contributed by atoms with Crippen molar-refractivity contribution in [2.75, 3.05) is 0 Å². The molecule has 4 aliphatic carbocycles. The van der Waals surface area contributed by atoms with Crippen LogP contribution in [0.5, 0.6) is 0 Å². The van der Waals surface area contributed by atoms with Gasteiger partial charge in [0.2, 0.25) is 0 Å². The van der Waals surface area contributed by atoms with Gasteiger partial charge in [-0.3, -0.25) is 14.9 Å². The summed E-state index contributed by atoms with van der Waals surface area (Å²) in [4.78, 5) is 23.1. The number of nitrogens with zero attached hydrogens (tertiary/aromatic N) is 1. The fourth-order valence-corrected chi connectivity index (χ4v) is 6.12. The van der Waals surface area contributed by atoms with Gasteiger partial charge in [-0.15, -0.1) is 0 Å². The summed E-state index contributed by atoms with van der Waals surface area (Å²) in [5.41, 5.74) is 0.285. The summed E-state index contributed by atoms with van der Waals surface area (Å²) >= 11 is 5.84. The fraction of sp³-hybridized carbons (Fsp3) is 0.632. The Bertz CT molecular complexity index is 698. The Kier molecular flexibility index (Phi) is 4.02. The minimum absolute atomic E-state index is 0.0516. The minimum Gasteiger partial charge on any atom is -0.349 e. The number of benzene rings is 1. The molecule has 1 N–H and O–H groups in total. The van der Waals surface area contributed by atoms with E-state index in [0.29, 0.717) is 5.56 Å². The van der Waals surface area contributed by atoms with Crippen LogP contribution in [0.1, 0.15) is 55.8 Å². The first kappa shape index (κ1) is 16.8. The van der Waals surface area contributed by atoms with Gasteiger partial charge in [0, 0.05) is 17.7 Å². The van der Waals surface area contributed by atoms with Crippen LogP contribution in [0.15, 0.2) is 18.2 Å². The summed E-state index contributed by atoms with van der Waals surface area (Å²) in [6.45, 7) is 2.11. The summed E-state index contributed by atoms with van der Waals surface area (Å²) in [6, 6.07) is 4.33. The highest BCUT2D eigenvalue weighted by Gasteiger charge is 2.53. The molecule has 0 aromatic heterocycles. The fourth-order valence-electron chi connectivity index (χ4n) is 5.93. The van der Waals surface area contributed by atoms with Gasteiger partial charge in [0.1, 0.15) is 5.02 Å². The van der Waals surface area contributed by atoms with Crippen molar-refractivity contribution in [3.05, 3.63) is 38.9 Å². The number of carbonyl (C=O) groups is 1. The van der Waals surface area contributed by atoms with Crippen LogP contribution >= 0.6 is 11.6 Å². The van der Waals surface area contributed by atoms with Crippen LogP contribution < -0.4 is 5.32 Å². The van der Waals surface area contributed by atoms with E-state index in [9.17, 15) is 14.9 Å². The van der Waals surface area contributed by atoms with Crippen molar-refractivity contribution in [2.24, 2.45) is 23.2 Å². The maximum Gasteiger partial charge on any atom is 0.288 e. The van der Waals surface area contributed by atoms with Gasteiger partial charge in [0.15, 0.2) is 0 Å². The van der Waals surface area contributed by atoms with E-state index in [0.717, 1.165) is 17.8 Å². The van der Waals surface area contributed by atoms with Gasteiger partial charge in [-0.2, -0.15) is 0 Å². The van der Waals surface area contributed by atoms with E-state index in [-0.39, 0.29) is 28.1 Å². The lowest BCUT2D eigenvalue weighted by Gasteiger charge is -2.59. The lowest BCUT2D eigenvalue weighted by molar-refractivity contribution is -0.384. The monoisotopic (exact) mass is 362 g/mol. The molecule has 6 heteroatoms. The predicted molar refractivity (Wildman–Crippen MR) is 95.6 cm³/mol. The summed E-state index contributed by atoms with van der Waals surface area (Å²) in [5, 5.41) is 14.2. The maximum absolute atomic E-state index is 12.7. The molecule has 5 rings (SSSR count). The molecule has 1 aromatic carbocycles. The summed E-state index contributed by atoms with van der Waals surface area (Å²) in [7, 11) is 0. The highest BCUT2D eigenvalue weighted by molar-refractivity contribution is 6.32. The smallest absolute Gasteiger partial charge is 0.288 e. The summed E-state index contributed by atoms with van der Waals surface area (Å²) in [6.07, 6.45) is 7.72. The van der Waals surface area contributed by atoms with Crippen LogP contribution in [0.3, 0.4) is 0 Å². The van der Waals surface area contributed by atoms with Crippen LogP contribution in [-0.2, 0) is 0 Å². The Labute approximate surface area is 152 Å². The normalized spacial score (nSPS) is 33.9. The SMILES string of the molecule is CC(NC(=O)c1ccc(Cl)c([N+](=O)[O-])c1)C12CC3CC(CC(C3)C1)C2. The van der Waals surface area contributed by atoms with Crippen molar-refractivity contribution < 1.29 is 9.72 Å². The number of hydrogen-bond acceptors (Lipinski definition) is 3. The molecular formula is C19H23ClN2O3. The Hall–Kier alpha value is -1.62. The summed E-state index contributed by atoms with van der Waals surface area (Å²) in [5.74, 6) is 2.22. The third kappa shape index (κ3) is 2.92. The van der Waals surface area contributed by atoms with E-state index >= 15 is 0 Å². The number of hydrogen-bond donors (Lipinski definition) is 1. The average molecular weight is 363 g/mol. The van der Waals surface area contributed by atoms with Crippen LogP contribution in [-0.4, -0.2) is 16.9 Å². The van der Waals surface area contributed by atoms with Crippen molar-refractivity contribution in [2.45, 2.75) is 51.5 Å². The molecule has 4 fully saturated rings. The van der Waals surface area contributed by atoms with Crippen LogP contribution in [0, 0.1) is 33.3 Å². The van der Waals surface area contributed by atoms with Crippen LogP contribution in [0.25, 0.3) is 0 Å². The predicted octanol–water partition coefficient (Wildman–Crippen LogP) is 4.58. The minimum atomic E-state index is -0.554. The van der Waals surface area contributed by atoms with E-state index in [1.54, 1.807) is 6.07 Å². The molecule has 4 bridgehead atoms. The van der Waals surface area contributed by atoms with Crippen molar-refractivity contribution in [3.8, 4) is 0 Å². The van der Waals surface area contributed by atoms with Gasteiger partial charge in [0.05, 0.1) is 4.92 Å². The van der Waals surface area contributed by atoms with Crippen molar-refractivity contribution in [1.29, 1.82) is 0 Å². The van der Waals surface area contributed by atoms with E-state index in [1.807, 2.05) is 0 Å². The zero-order valence-corrected chi connectivity index (χ0v) is 15.1. The summed E-state index contributed by atoms with van der Waals surface area (Å²) < 4.78 is 0. The molecule has 25 heavy (non-hydrogen) atoms. The molecule has 4 aliphatic rings. The standard InChI is InChI=1S/C19H23ClN2O3/c1-11(19-8-12-4-13(9-19)6-14(5-12)10-19)21-18(23)15-2-3-16(20)17(7-15)22(24)25/h2-3,7,11-14H,4-6,8-10H2,1H3,(H,21,23). The molecule has 0 heterocycles. The number of amides is 1. The highest BCUT2D eigenvalue weighted by Crippen LogP contribution is 2.61. The molecule has 0 spiro atoms. The van der Waals surface area contributed by atoms with Gasteiger partial charge in [-0.25, -0.2) is 0 Å². The second-order valence-corrected chi connectivity index (χ2v) is 8.81. The molecule has 1 amide bonds. The second kappa shape index (κ2) is 5.97. The highest BCUT2D eigenvalue weighted by atomic mass is 35.5. The number of nitrogens with one attached hydrogen (secondary N) is 1. The van der Waals surface area contributed by atoms with Gasteiger partial charge in [-0.05, 0) is 80.8 Å². The number of rotatable bonds is 4. The third-order valence-corrected chi connectivity index (χ3v) is 7.08. The lowest BCUT2D eigenvalue weighted by Crippen LogP contribution is -2.55. The van der Waals surface area contributed by atoms with Gasteiger partial charge >= 0.3 is 0 Å². The van der Waals surface area contributed by atoms with Gasteiger partial charge < -0.3 is 5.32 Å². The van der Waals surface area contributed by atoms with E-state index < -0.39 is 4.92 Å². The average Bonchev–Trinajstić information content (AvgIpc) is 2.53. The van der Waals surface area contributed by atoms with Crippen LogP contribution in [0.4, 0.5) is 5.69 Å². The Balaban J connectivity index is 1.51. The molecule has 0 saturated heterocycles. The maximum atomic E-state index is 12.7. The lowest BCUT2D eigenvalue weighted by atomic mass is 9.48. The molecule has 1 aromatic rings. The van der Waals surface area contributed by atoms with Crippen LogP contribution in [0.2, 0.25) is 5.02 Å². The zero-order valence-electron chi connectivity index (χ0n) is 14.3.